The lowest BCUT2D eigenvalue weighted by molar-refractivity contribution is 0.0668. The lowest BCUT2D eigenvalue weighted by Gasteiger charge is -2.32. The largest absolute Gasteiger partial charge is 0.435 e. The number of rotatable bonds is 4. The molecule has 0 spiro atoms. The Kier molecular flexibility index (Phi) is 4.73. The van der Waals surface area contributed by atoms with Crippen molar-refractivity contribution in [2.75, 3.05) is 13.1 Å². The molecule has 1 amide bonds. The number of amides is 1. The van der Waals surface area contributed by atoms with Gasteiger partial charge >= 0.3 is 0 Å². The van der Waals surface area contributed by atoms with E-state index in [1.807, 2.05) is 31.1 Å². The van der Waals surface area contributed by atoms with Crippen LogP contribution < -0.4 is 0 Å². The number of hydrogen-bond donors (Lipinski definition) is 0. The van der Waals surface area contributed by atoms with Crippen LogP contribution in [-0.4, -0.2) is 38.4 Å². The van der Waals surface area contributed by atoms with E-state index in [1.54, 1.807) is 0 Å². The molecule has 6 heteroatoms. The lowest BCUT2D eigenvalue weighted by atomic mass is 9.96. The molecule has 1 aliphatic rings. The fourth-order valence-electron chi connectivity index (χ4n) is 3.40. The van der Waals surface area contributed by atoms with E-state index in [1.165, 1.54) is 0 Å². The van der Waals surface area contributed by atoms with Crippen LogP contribution in [0.3, 0.4) is 0 Å². The third-order valence-corrected chi connectivity index (χ3v) is 4.67. The number of hydrogen-bond acceptors (Lipinski definition) is 4. The molecule has 0 radical (unpaired) electrons. The van der Waals surface area contributed by atoms with Crippen LogP contribution in [0.1, 0.15) is 73.5 Å². The molecule has 3 rings (SSSR count). The van der Waals surface area contributed by atoms with Gasteiger partial charge in [0, 0.05) is 43.9 Å². The Morgan fingerprint density at radius 2 is 2.25 bits per heavy atom. The molecule has 1 atom stereocenters. The van der Waals surface area contributed by atoms with Gasteiger partial charge in [0.1, 0.15) is 5.82 Å². The van der Waals surface area contributed by atoms with Crippen molar-refractivity contribution in [2.45, 2.75) is 58.9 Å². The Balaban J connectivity index is 1.79. The Morgan fingerprint density at radius 3 is 2.92 bits per heavy atom. The van der Waals surface area contributed by atoms with Crippen LogP contribution in [0.25, 0.3) is 0 Å². The first-order chi connectivity index (χ1) is 11.5. The second-order valence-electron chi connectivity index (χ2n) is 6.75. The molecule has 1 aliphatic heterocycles. The third-order valence-electron chi connectivity index (χ3n) is 4.67. The van der Waals surface area contributed by atoms with Gasteiger partial charge in [0.05, 0.1) is 5.69 Å². The molecule has 130 valence electrons. The molecular formula is C18H26N4O2. The van der Waals surface area contributed by atoms with Gasteiger partial charge in [0.2, 0.25) is 5.76 Å². The highest BCUT2D eigenvalue weighted by Crippen LogP contribution is 2.28. The first-order valence-electron chi connectivity index (χ1n) is 8.79. The number of aryl methyl sites for hydroxylation is 2. The topological polar surface area (TPSA) is 64.2 Å². The zero-order valence-corrected chi connectivity index (χ0v) is 15.0. The van der Waals surface area contributed by atoms with Gasteiger partial charge in [-0.05, 0) is 33.6 Å². The van der Waals surface area contributed by atoms with E-state index in [0.29, 0.717) is 36.4 Å². The SMILES string of the molecule is CCc1nc(C)c(C(=O)N2CCCC(c3nccn3C(C)C)C2)o1. The number of aromatic nitrogens is 3. The summed E-state index contributed by atoms with van der Waals surface area (Å²) in [6.07, 6.45) is 6.61. The summed E-state index contributed by atoms with van der Waals surface area (Å²) < 4.78 is 7.85. The minimum atomic E-state index is -0.0490. The van der Waals surface area contributed by atoms with Crippen LogP contribution in [0.4, 0.5) is 0 Å². The summed E-state index contributed by atoms with van der Waals surface area (Å²) in [7, 11) is 0. The Labute approximate surface area is 142 Å². The summed E-state index contributed by atoms with van der Waals surface area (Å²) in [5.41, 5.74) is 0.683. The number of carbonyl (C=O) groups is 1. The highest BCUT2D eigenvalue weighted by Gasteiger charge is 2.30. The minimum Gasteiger partial charge on any atom is -0.435 e. The highest BCUT2D eigenvalue weighted by molar-refractivity contribution is 5.92. The molecule has 1 fully saturated rings. The molecule has 0 N–H and O–H groups in total. The third kappa shape index (κ3) is 3.09. The van der Waals surface area contributed by atoms with Gasteiger partial charge in [-0.1, -0.05) is 6.92 Å². The van der Waals surface area contributed by atoms with Crippen LogP contribution >= 0.6 is 0 Å². The molecule has 0 bridgehead atoms. The maximum absolute atomic E-state index is 12.8. The summed E-state index contributed by atoms with van der Waals surface area (Å²) in [5.74, 6) is 2.31. The second-order valence-corrected chi connectivity index (χ2v) is 6.75. The van der Waals surface area contributed by atoms with Gasteiger partial charge in [0.15, 0.2) is 5.89 Å². The van der Waals surface area contributed by atoms with Crippen molar-refractivity contribution in [3.63, 3.8) is 0 Å². The predicted octanol–water partition coefficient (Wildman–Crippen LogP) is 3.34. The number of imidazole rings is 1. The summed E-state index contributed by atoms with van der Waals surface area (Å²) in [6.45, 7) is 9.57. The van der Waals surface area contributed by atoms with E-state index in [-0.39, 0.29) is 11.8 Å². The predicted molar refractivity (Wildman–Crippen MR) is 91.1 cm³/mol. The van der Waals surface area contributed by atoms with Crippen LogP contribution in [0, 0.1) is 6.92 Å². The zero-order valence-electron chi connectivity index (χ0n) is 15.0. The summed E-state index contributed by atoms with van der Waals surface area (Å²) in [4.78, 5) is 23.6. The van der Waals surface area contributed by atoms with Gasteiger partial charge in [-0.25, -0.2) is 9.97 Å². The Morgan fingerprint density at radius 1 is 1.46 bits per heavy atom. The van der Waals surface area contributed by atoms with E-state index in [0.717, 1.165) is 25.2 Å². The first kappa shape index (κ1) is 16.7. The second kappa shape index (κ2) is 6.79. The summed E-state index contributed by atoms with van der Waals surface area (Å²) in [6, 6.07) is 0.372. The smallest absolute Gasteiger partial charge is 0.291 e. The van der Waals surface area contributed by atoms with Gasteiger partial charge in [-0.15, -0.1) is 0 Å². The fraction of sp³-hybridized carbons (Fsp3) is 0.611. The quantitative estimate of drug-likeness (QED) is 0.862. The molecule has 6 nitrogen and oxygen atoms in total. The Bertz CT molecular complexity index is 716. The van der Waals surface area contributed by atoms with Crippen molar-refractivity contribution in [3.05, 3.63) is 35.6 Å². The maximum atomic E-state index is 12.8. The van der Waals surface area contributed by atoms with Crippen molar-refractivity contribution in [2.24, 2.45) is 0 Å². The summed E-state index contributed by atoms with van der Waals surface area (Å²) >= 11 is 0. The van der Waals surface area contributed by atoms with Gasteiger partial charge in [0.25, 0.3) is 5.91 Å². The molecule has 2 aromatic rings. The molecule has 0 aliphatic carbocycles. The molecule has 1 saturated heterocycles. The van der Waals surface area contributed by atoms with Gasteiger partial charge < -0.3 is 13.9 Å². The average molecular weight is 330 g/mol. The number of carbonyl (C=O) groups excluding carboxylic acids is 1. The van der Waals surface area contributed by atoms with Crippen LogP contribution in [0.5, 0.6) is 0 Å². The number of nitrogens with zero attached hydrogens (tertiary/aromatic N) is 4. The van der Waals surface area contributed by atoms with Gasteiger partial charge in [-0.3, -0.25) is 4.79 Å². The molecule has 0 saturated carbocycles. The van der Waals surface area contributed by atoms with Crippen molar-refractivity contribution >= 4 is 5.91 Å². The van der Waals surface area contributed by atoms with Crippen molar-refractivity contribution in [1.29, 1.82) is 0 Å². The van der Waals surface area contributed by atoms with Crippen molar-refractivity contribution in [1.82, 2.24) is 19.4 Å². The zero-order chi connectivity index (χ0) is 17.3. The Hall–Kier alpha value is -2.11. The maximum Gasteiger partial charge on any atom is 0.291 e. The van der Waals surface area contributed by atoms with Crippen LogP contribution in [-0.2, 0) is 6.42 Å². The first-order valence-corrected chi connectivity index (χ1v) is 8.79. The van der Waals surface area contributed by atoms with Crippen LogP contribution in [0.15, 0.2) is 16.8 Å². The van der Waals surface area contributed by atoms with E-state index in [9.17, 15) is 4.79 Å². The average Bonchev–Trinajstić information content (AvgIpc) is 3.21. The number of piperidine rings is 1. The molecule has 3 heterocycles. The lowest BCUT2D eigenvalue weighted by Crippen LogP contribution is -2.40. The number of oxazole rings is 1. The molecule has 2 aromatic heterocycles. The molecular weight excluding hydrogens is 304 g/mol. The monoisotopic (exact) mass is 330 g/mol. The van der Waals surface area contributed by atoms with Crippen molar-refractivity contribution < 1.29 is 9.21 Å². The van der Waals surface area contributed by atoms with Gasteiger partial charge in [-0.2, -0.15) is 0 Å². The normalized spacial score (nSPS) is 18.4. The molecule has 1 unspecified atom stereocenters. The van der Waals surface area contributed by atoms with E-state index in [4.69, 9.17) is 4.42 Å². The van der Waals surface area contributed by atoms with E-state index in [2.05, 4.69) is 28.4 Å². The van der Waals surface area contributed by atoms with Crippen molar-refractivity contribution in [3.8, 4) is 0 Å². The fourth-order valence-corrected chi connectivity index (χ4v) is 3.40. The highest BCUT2D eigenvalue weighted by atomic mass is 16.4. The minimum absolute atomic E-state index is 0.0490. The molecule has 24 heavy (non-hydrogen) atoms. The summed E-state index contributed by atoms with van der Waals surface area (Å²) in [5, 5.41) is 0. The molecule has 0 aromatic carbocycles. The van der Waals surface area contributed by atoms with Crippen LogP contribution in [0.2, 0.25) is 0 Å². The van der Waals surface area contributed by atoms with E-state index >= 15 is 0 Å². The number of likely N-dealkylation sites (tertiary alicyclic amines) is 1. The van der Waals surface area contributed by atoms with E-state index < -0.39 is 0 Å². The standard InChI is InChI=1S/C18H26N4O2/c1-5-15-20-13(4)16(24-15)18(23)21-9-6-7-14(11-21)17-19-8-10-22(17)12(2)3/h8,10,12,14H,5-7,9,11H2,1-4H3.